The fraction of sp³-hybridized carbons (Fsp3) is 0.600. The van der Waals surface area contributed by atoms with Crippen LogP contribution in [0.5, 0.6) is 0 Å². The van der Waals surface area contributed by atoms with Gasteiger partial charge in [-0.1, -0.05) is 18.2 Å². The predicted octanol–water partition coefficient (Wildman–Crippen LogP) is 3.57. The van der Waals surface area contributed by atoms with Crippen LogP contribution in [-0.2, 0) is 17.6 Å². The van der Waals surface area contributed by atoms with Crippen molar-refractivity contribution >= 4 is 0 Å². The van der Waals surface area contributed by atoms with E-state index < -0.39 is 18.9 Å². The van der Waals surface area contributed by atoms with E-state index in [0.717, 1.165) is 24.8 Å². The summed E-state index contributed by atoms with van der Waals surface area (Å²) in [5, 5.41) is 9.99. The molecule has 1 unspecified atom stereocenters. The molecule has 1 aromatic carbocycles. The van der Waals surface area contributed by atoms with Gasteiger partial charge in [-0.25, -0.2) is 0 Å². The van der Waals surface area contributed by atoms with Crippen LogP contribution in [0.4, 0.5) is 13.2 Å². The van der Waals surface area contributed by atoms with E-state index in [0.29, 0.717) is 0 Å². The summed E-state index contributed by atoms with van der Waals surface area (Å²) >= 11 is 0. The third-order valence-electron chi connectivity index (χ3n) is 3.56. The lowest BCUT2D eigenvalue weighted by atomic mass is 9.89. The minimum Gasteiger partial charge on any atom is -0.388 e. The second-order valence-corrected chi connectivity index (χ2v) is 5.21. The summed E-state index contributed by atoms with van der Waals surface area (Å²) in [4.78, 5) is 0. The third-order valence-corrected chi connectivity index (χ3v) is 3.56. The molecule has 0 aromatic heterocycles. The maximum Gasteiger partial charge on any atom is 0.411 e. The highest BCUT2D eigenvalue weighted by Gasteiger charge is 2.27. The molecule has 0 bridgehead atoms. The molecular formula is C15H19F3O2. The molecule has 20 heavy (non-hydrogen) atoms. The summed E-state index contributed by atoms with van der Waals surface area (Å²) in [7, 11) is 0. The van der Waals surface area contributed by atoms with Gasteiger partial charge in [0.05, 0.1) is 6.10 Å². The maximum atomic E-state index is 11.9. The normalized spacial score (nSPS) is 16.8. The van der Waals surface area contributed by atoms with Crippen molar-refractivity contribution < 1.29 is 23.0 Å². The summed E-state index contributed by atoms with van der Waals surface area (Å²) in [6.07, 6.45) is -0.469. The summed E-state index contributed by atoms with van der Waals surface area (Å²) in [5.74, 6) is 0. The van der Waals surface area contributed by atoms with Crippen LogP contribution >= 0.6 is 0 Å². The van der Waals surface area contributed by atoms with Crippen LogP contribution in [0.2, 0.25) is 0 Å². The van der Waals surface area contributed by atoms with Crippen molar-refractivity contribution in [2.75, 3.05) is 13.2 Å². The zero-order chi connectivity index (χ0) is 14.6. The van der Waals surface area contributed by atoms with E-state index in [1.165, 1.54) is 17.5 Å². The van der Waals surface area contributed by atoms with Crippen LogP contribution in [0.1, 0.15) is 42.1 Å². The second kappa shape index (κ2) is 6.59. The van der Waals surface area contributed by atoms with Crippen LogP contribution < -0.4 is 0 Å². The van der Waals surface area contributed by atoms with Gasteiger partial charge in [-0.2, -0.15) is 13.2 Å². The van der Waals surface area contributed by atoms with Crippen molar-refractivity contribution in [1.82, 2.24) is 0 Å². The first-order valence-electron chi connectivity index (χ1n) is 6.90. The molecule has 112 valence electrons. The van der Waals surface area contributed by atoms with Gasteiger partial charge in [0.25, 0.3) is 0 Å². The standard InChI is InChI=1S/C15H19F3O2/c16-15(17,18)10-20-8-7-14(19)13-6-5-11-3-1-2-4-12(11)9-13/h5-6,9,14,19H,1-4,7-8,10H2. The van der Waals surface area contributed by atoms with Gasteiger partial charge in [-0.15, -0.1) is 0 Å². The number of hydrogen-bond donors (Lipinski definition) is 1. The quantitative estimate of drug-likeness (QED) is 0.839. The molecule has 0 spiro atoms. The molecule has 0 radical (unpaired) electrons. The predicted molar refractivity (Wildman–Crippen MR) is 69.5 cm³/mol. The SMILES string of the molecule is OC(CCOCC(F)(F)F)c1ccc2c(c1)CCCC2. The highest BCUT2D eigenvalue weighted by Crippen LogP contribution is 2.26. The number of halogens is 3. The van der Waals surface area contributed by atoms with Gasteiger partial charge in [0.15, 0.2) is 0 Å². The molecule has 5 heteroatoms. The number of alkyl halides is 3. The zero-order valence-electron chi connectivity index (χ0n) is 11.2. The van der Waals surface area contributed by atoms with Crippen molar-refractivity contribution in [2.45, 2.75) is 44.4 Å². The van der Waals surface area contributed by atoms with E-state index >= 15 is 0 Å². The van der Waals surface area contributed by atoms with Gasteiger partial charge in [0.1, 0.15) is 6.61 Å². The van der Waals surface area contributed by atoms with Crippen LogP contribution in [0.25, 0.3) is 0 Å². The molecule has 2 rings (SSSR count). The van der Waals surface area contributed by atoms with Crippen molar-refractivity contribution in [2.24, 2.45) is 0 Å². The molecule has 1 aromatic rings. The van der Waals surface area contributed by atoms with Gasteiger partial charge < -0.3 is 9.84 Å². The molecule has 1 aliphatic carbocycles. The second-order valence-electron chi connectivity index (χ2n) is 5.21. The van der Waals surface area contributed by atoms with Gasteiger partial charge in [0.2, 0.25) is 0 Å². The first-order chi connectivity index (χ1) is 9.46. The molecule has 0 saturated carbocycles. The molecule has 0 saturated heterocycles. The summed E-state index contributed by atoms with van der Waals surface area (Å²) < 4.78 is 40.2. The van der Waals surface area contributed by atoms with E-state index in [1.54, 1.807) is 0 Å². The average Bonchev–Trinajstić information content (AvgIpc) is 2.42. The molecular weight excluding hydrogens is 269 g/mol. The number of hydrogen-bond acceptors (Lipinski definition) is 2. The number of aryl methyl sites for hydroxylation is 2. The van der Waals surface area contributed by atoms with Gasteiger partial charge in [0, 0.05) is 13.0 Å². The summed E-state index contributed by atoms with van der Waals surface area (Å²) in [5.41, 5.74) is 3.34. The van der Waals surface area contributed by atoms with Crippen LogP contribution in [0.15, 0.2) is 18.2 Å². The Morgan fingerprint density at radius 1 is 1.15 bits per heavy atom. The molecule has 0 fully saturated rings. The fourth-order valence-electron chi connectivity index (χ4n) is 2.51. The lowest BCUT2D eigenvalue weighted by Gasteiger charge is -2.19. The van der Waals surface area contributed by atoms with Gasteiger partial charge >= 0.3 is 6.18 Å². The maximum absolute atomic E-state index is 11.9. The van der Waals surface area contributed by atoms with E-state index in [-0.39, 0.29) is 13.0 Å². The van der Waals surface area contributed by atoms with E-state index in [2.05, 4.69) is 4.74 Å². The number of ether oxygens (including phenoxy) is 1. The average molecular weight is 288 g/mol. The number of fused-ring (bicyclic) bond motifs is 1. The lowest BCUT2D eigenvalue weighted by molar-refractivity contribution is -0.175. The smallest absolute Gasteiger partial charge is 0.388 e. The van der Waals surface area contributed by atoms with Crippen LogP contribution in [-0.4, -0.2) is 24.5 Å². The minimum absolute atomic E-state index is 0.0994. The molecule has 0 heterocycles. The molecule has 1 N–H and O–H groups in total. The molecule has 0 amide bonds. The van der Waals surface area contributed by atoms with E-state index in [4.69, 9.17) is 0 Å². The fourth-order valence-corrected chi connectivity index (χ4v) is 2.51. The first-order valence-corrected chi connectivity index (χ1v) is 6.90. The summed E-state index contributed by atoms with van der Waals surface area (Å²) in [6.45, 7) is -1.36. The Kier molecular flexibility index (Phi) is 5.05. The van der Waals surface area contributed by atoms with Crippen LogP contribution in [0, 0.1) is 0 Å². The largest absolute Gasteiger partial charge is 0.411 e. The monoisotopic (exact) mass is 288 g/mol. The molecule has 1 aliphatic rings. The molecule has 2 nitrogen and oxygen atoms in total. The van der Waals surface area contributed by atoms with Crippen molar-refractivity contribution in [3.05, 3.63) is 34.9 Å². The number of aliphatic hydroxyl groups is 1. The van der Waals surface area contributed by atoms with Gasteiger partial charge in [-0.05, 0) is 42.4 Å². The zero-order valence-corrected chi connectivity index (χ0v) is 11.2. The Hall–Kier alpha value is -1.07. The Morgan fingerprint density at radius 2 is 1.85 bits per heavy atom. The Labute approximate surface area is 116 Å². The number of benzene rings is 1. The Bertz CT molecular complexity index is 443. The Balaban J connectivity index is 1.84. The van der Waals surface area contributed by atoms with Crippen LogP contribution in [0.3, 0.4) is 0 Å². The highest BCUT2D eigenvalue weighted by atomic mass is 19.4. The third kappa shape index (κ3) is 4.49. The molecule has 0 aliphatic heterocycles. The van der Waals surface area contributed by atoms with E-state index in [1.807, 2.05) is 18.2 Å². The highest BCUT2D eigenvalue weighted by molar-refractivity contribution is 5.34. The van der Waals surface area contributed by atoms with Crippen molar-refractivity contribution in [1.29, 1.82) is 0 Å². The minimum atomic E-state index is -4.31. The topological polar surface area (TPSA) is 29.5 Å². The first kappa shape index (κ1) is 15.3. The van der Waals surface area contributed by atoms with E-state index in [9.17, 15) is 18.3 Å². The number of aliphatic hydroxyl groups excluding tert-OH is 1. The lowest BCUT2D eigenvalue weighted by Crippen LogP contribution is -2.18. The number of rotatable bonds is 5. The Morgan fingerprint density at radius 3 is 2.55 bits per heavy atom. The van der Waals surface area contributed by atoms with Gasteiger partial charge in [-0.3, -0.25) is 0 Å². The van der Waals surface area contributed by atoms with Crippen molar-refractivity contribution in [3.8, 4) is 0 Å². The van der Waals surface area contributed by atoms with Crippen molar-refractivity contribution in [3.63, 3.8) is 0 Å². The summed E-state index contributed by atoms with van der Waals surface area (Å²) in [6, 6.07) is 5.85. The molecule has 1 atom stereocenters.